The molecule has 1 aliphatic rings. The first-order valence-corrected chi connectivity index (χ1v) is 7.37. The number of benzene rings is 1. The predicted molar refractivity (Wildman–Crippen MR) is 80.1 cm³/mol. The van der Waals surface area contributed by atoms with Crippen LogP contribution in [0.4, 0.5) is 0 Å². The lowest BCUT2D eigenvalue weighted by Gasteiger charge is -2.38. The van der Waals surface area contributed by atoms with E-state index < -0.39 is 11.5 Å². The number of rotatable bonds is 7. The van der Waals surface area contributed by atoms with Crippen LogP contribution in [-0.4, -0.2) is 35.0 Å². The summed E-state index contributed by atoms with van der Waals surface area (Å²) in [7, 11) is 0. The third-order valence-electron chi connectivity index (χ3n) is 3.88. The van der Waals surface area contributed by atoms with E-state index in [1.807, 2.05) is 30.3 Å². The van der Waals surface area contributed by atoms with Gasteiger partial charge in [-0.2, -0.15) is 0 Å². The second kappa shape index (κ2) is 7.06. The van der Waals surface area contributed by atoms with Crippen molar-refractivity contribution in [3.63, 3.8) is 0 Å². The van der Waals surface area contributed by atoms with Gasteiger partial charge in [0.25, 0.3) is 0 Å². The van der Waals surface area contributed by atoms with Crippen LogP contribution in [0.1, 0.15) is 31.2 Å². The number of aliphatic carboxylic acids is 1. The van der Waals surface area contributed by atoms with Crippen molar-refractivity contribution in [3.8, 4) is 0 Å². The Morgan fingerprint density at radius 3 is 2.32 bits per heavy atom. The SMILES string of the molecule is O=C(Cc1ccccc1)NCCC(=O)NC1(C(=O)O)CCC1. The Hall–Kier alpha value is -2.37. The molecule has 0 bridgehead atoms. The van der Waals surface area contributed by atoms with Crippen LogP contribution in [0.25, 0.3) is 0 Å². The molecule has 1 aromatic rings. The topological polar surface area (TPSA) is 95.5 Å². The van der Waals surface area contributed by atoms with E-state index in [2.05, 4.69) is 10.6 Å². The minimum Gasteiger partial charge on any atom is -0.480 e. The quantitative estimate of drug-likeness (QED) is 0.696. The zero-order valence-electron chi connectivity index (χ0n) is 12.3. The Bertz CT molecular complexity index is 553. The van der Waals surface area contributed by atoms with Gasteiger partial charge in [-0.3, -0.25) is 9.59 Å². The summed E-state index contributed by atoms with van der Waals surface area (Å²) in [4.78, 5) is 34.6. The van der Waals surface area contributed by atoms with E-state index in [1.54, 1.807) is 0 Å². The summed E-state index contributed by atoms with van der Waals surface area (Å²) in [6.07, 6.45) is 2.08. The number of amides is 2. The highest BCUT2D eigenvalue weighted by Gasteiger charge is 2.45. The molecule has 0 radical (unpaired) electrons. The molecule has 6 heteroatoms. The van der Waals surface area contributed by atoms with Gasteiger partial charge in [-0.15, -0.1) is 0 Å². The summed E-state index contributed by atoms with van der Waals surface area (Å²) < 4.78 is 0. The number of carbonyl (C=O) groups excluding carboxylic acids is 2. The monoisotopic (exact) mass is 304 g/mol. The van der Waals surface area contributed by atoms with Gasteiger partial charge in [0, 0.05) is 13.0 Å². The lowest BCUT2D eigenvalue weighted by molar-refractivity contribution is -0.151. The van der Waals surface area contributed by atoms with E-state index in [0.717, 1.165) is 12.0 Å². The molecule has 118 valence electrons. The Balaban J connectivity index is 1.69. The lowest BCUT2D eigenvalue weighted by Crippen LogP contribution is -2.59. The Labute approximate surface area is 128 Å². The molecule has 1 fully saturated rings. The molecule has 0 aromatic heterocycles. The van der Waals surface area contributed by atoms with Crippen molar-refractivity contribution in [3.05, 3.63) is 35.9 Å². The van der Waals surface area contributed by atoms with E-state index in [4.69, 9.17) is 5.11 Å². The molecule has 0 spiro atoms. The zero-order chi connectivity index (χ0) is 16.0. The first-order valence-electron chi connectivity index (χ1n) is 7.37. The summed E-state index contributed by atoms with van der Waals surface area (Å²) >= 11 is 0. The van der Waals surface area contributed by atoms with Crippen LogP contribution in [0, 0.1) is 0 Å². The van der Waals surface area contributed by atoms with Gasteiger partial charge >= 0.3 is 5.97 Å². The van der Waals surface area contributed by atoms with Crippen LogP contribution in [0.5, 0.6) is 0 Å². The van der Waals surface area contributed by atoms with Crippen LogP contribution in [-0.2, 0) is 20.8 Å². The van der Waals surface area contributed by atoms with E-state index >= 15 is 0 Å². The van der Waals surface area contributed by atoms with Gasteiger partial charge < -0.3 is 15.7 Å². The van der Waals surface area contributed by atoms with E-state index in [-0.39, 0.29) is 31.2 Å². The minimum atomic E-state index is -1.09. The Morgan fingerprint density at radius 1 is 1.09 bits per heavy atom. The number of nitrogens with one attached hydrogen (secondary N) is 2. The summed E-state index contributed by atoms with van der Waals surface area (Å²) in [5.74, 6) is -1.49. The van der Waals surface area contributed by atoms with Gasteiger partial charge in [0.15, 0.2) is 0 Å². The van der Waals surface area contributed by atoms with Gasteiger partial charge in [0.1, 0.15) is 5.54 Å². The zero-order valence-corrected chi connectivity index (χ0v) is 12.3. The standard InChI is InChI=1S/C16H20N2O4/c19-13(18-16(15(21)22)8-4-9-16)7-10-17-14(20)11-12-5-2-1-3-6-12/h1-3,5-6H,4,7-11H2,(H,17,20)(H,18,19)(H,21,22). The average Bonchev–Trinajstić information content (AvgIpc) is 2.43. The molecule has 0 aliphatic heterocycles. The maximum absolute atomic E-state index is 11.8. The molecule has 1 aromatic carbocycles. The molecule has 0 heterocycles. The fraction of sp³-hybridized carbons (Fsp3) is 0.438. The van der Waals surface area contributed by atoms with Crippen molar-refractivity contribution in [2.24, 2.45) is 0 Å². The summed E-state index contributed by atoms with van der Waals surface area (Å²) in [5.41, 5.74) is -0.186. The molecule has 3 N–H and O–H groups in total. The molecule has 22 heavy (non-hydrogen) atoms. The van der Waals surface area contributed by atoms with Crippen LogP contribution < -0.4 is 10.6 Å². The highest BCUT2D eigenvalue weighted by Crippen LogP contribution is 2.31. The maximum Gasteiger partial charge on any atom is 0.329 e. The fourth-order valence-corrected chi connectivity index (χ4v) is 2.41. The van der Waals surface area contributed by atoms with Crippen molar-refractivity contribution in [1.29, 1.82) is 0 Å². The van der Waals surface area contributed by atoms with Crippen LogP contribution >= 0.6 is 0 Å². The fourth-order valence-electron chi connectivity index (χ4n) is 2.41. The molecule has 6 nitrogen and oxygen atoms in total. The van der Waals surface area contributed by atoms with Crippen molar-refractivity contribution >= 4 is 17.8 Å². The van der Waals surface area contributed by atoms with Gasteiger partial charge in [0.05, 0.1) is 6.42 Å². The number of carboxylic acid groups (broad SMARTS) is 1. The highest BCUT2D eigenvalue weighted by molar-refractivity contribution is 5.88. The van der Waals surface area contributed by atoms with Gasteiger partial charge in [-0.25, -0.2) is 4.79 Å². The highest BCUT2D eigenvalue weighted by atomic mass is 16.4. The van der Waals surface area contributed by atoms with Crippen LogP contribution in [0.3, 0.4) is 0 Å². The molecule has 0 saturated heterocycles. The predicted octanol–water partition coefficient (Wildman–Crippen LogP) is 0.859. The molecular formula is C16H20N2O4. The third kappa shape index (κ3) is 4.07. The van der Waals surface area contributed by atoms with E-state index in [9.17, 15) is 14.4 Å². The summed E-state index contributed by atoms with van der Waals surface area (Å²) in [6.45, 7) is 0.202. The largest absolute Gasteiger partial charge is 0.480 e. The van der Waals surface area contributed by atoms with Crippen molar-refractivity contribution < 1.29 is 19.5 Å². The molecule has 2 rings (SSSR count). The third-order valence-corrected chi connectivity index (χ3v) is 3.88. The molecule has 2 amide bonds. The summed E-state index contributed by atoms with van der Waals surface area (Å²) in [6, 6.07) is 9.32. The Morgan fingerprint density at radius 2 is 1.77 bits per heavy atom. The second-order valence-electron chi connectivity index (χ2n) is 5.55. The average molecular weight is 304 g/mol. The smallest absolute Gasteiger partial charge is 0.329 e. The van der Waals surface area contributed by atoms with Crippen LogP contribution in [0.2, 0.25) is 0 Å². The molecule has 0 unspecified atom stereocenters. The normalized spacial score (nSPS) is 15.5. The van der Waals surface area contributed by atoms with Crippen LogP contribution in [0.15, 0.2) is 30.3 Å². The van der Waals surface area contributed by atoms with Gasteiger partial charge in [0.2, 0.25) is 11.8 Å². The molecule has 0 atom stereocenters. The molecule has 1 saturated carbocycles. The molecular weight excluding hydrogens is 284 g/mol. The van der Waals surface area contributed by atoms with E-state index in [0.29, 0.717) is 12.8 Å². The summed E-state index contributed by atoms with van der Waals surface area (Å²) in [5, 5.41) is 14.4. The maximum atomic E-state index is 11.8. The van der Waals surface area contributed by atoms with Gasteiger partial charge in [-0.1, -0.05) is 30.3 Å². The lowest BCUT2D eigenvalue weighted by atomic mass is 9.76. The van der Waals surface area contributed by atoms with Crippen molar-refractivity contribution in [2.45, 2.75) is 37.6 Å². The minimum absolute atomic E-state index is 0.0789. The number of hydrogen-bond donors (Lipinski definition) is 3. The molecule has 1 aliphatic carbocycles. The van der Waals surface area contributed by atoms with Crippen molar-refractivity contribution in [1.82, 2.24) is 10.6 Å². The second-order valence-corrected chi connectivity index (χ2v) is 5.55. The Kier molecular flexibility index (Phi) is 5.14. The van der Waals surface area contributed by atoms with Crippen molar-refractivity contribution in [2.75, 3.05) is 6.54 Å². The number of carboxylic acids is 1. The number of hydrogen-bond acceptors (Lipinski definition) is 3. The first kappa shape index (κ1) is 16.0. The number of carbonyl (C=O) groups is 3. The van der Waals surface area contributed by atoms with Gasteiger partial charge in [-0.05, 0) is 24.8 Å². The van der Waals surface area contributed by atoms with E-state index in [1.165, 1.54) is 0 Å². The first-order chi connectivity index (χ1) is 10.5.